The van der Waals surface area contributed by atoms with Crippen LogP contribution >= 0.6 is 0 Å². The lowest BCUT2D eigenvalue weighted by Crippen LogP contribution is -2.50. The first-order valence-electron chi connectivity index (χ1n) is 6.34. The van der Waals surface area contributed by atoms with Gasteiger partial charge in [-0.2, -0.15) is 0 Å². The van der Waals surface area contributed by atoms with Gasteiger partial charge in [-0.3, -0.25) is 4.79 Å². The first-order chi connectivity index (χ1) is 9.29. The van der Waals surface area contributed by atoms with Crippen molar-refractivity contribution in [2.75, 3.05) is 26.3 Å². The van der Waals surface area contributed by atoms with E-state index in [-0.39, 0.29) is 6.03 Å². The van der Waals surface area contributed by atoms with Crippen molar-refractivity contribution in [2.24, 2.45) is 0 Å². The number of benzene rings is 1. The minimum Gasteiger partial charge on any atom is -0.378 e. The number of ether oxygens (including phenoxy) is 1. The average molecular weight is 261 g/mol. The largest absolute Gasteiger partial charge is 0.378 e. The van der Waals surface area contributed by atoms with Gasteiger partial charge in [0.15, 0.2) is 0 Å². The van der Waals surface area contributed by atoms with Crippen LogP contribution in [0.15, 0.2) is 30.3 Å². The summed E-state index contributed by atoms with van der Waals surface area (Å²) in [5.74, 6) is 0. The summed E-state index contributed by atoms with van der Waals surface area (Å²) in [4.78, 5) is 24.5. The van der Waals surface area contributed by atoms with Crippen LogP contribution in [-0.2, 0) is 16.0 Å². The van der Waals surface area contributed by atoms with E-state index in [4.69, 9.17) is 4.74 Å². The normalized spacial score (nSPS) is 16.7. The number of hydrogen-bond donors (Lipinski definition) is 1. The standard InChI is InChI=1S/C14H17N2O3/c17-11-13(10-12-4-2-1-3-5-12)15-14(18)16-6-8-19-9-7-16/h1-5,13H,6-10H2,(H,15,18). The maximum atomic E-state index is 11.9. The summed E-state index contributed by atoms with van der Waals surface area (Å²) in [5.41, 5.74) is 0.998. The second kappa shape index (κ2) is 6.89. The quantitative estimate of drug-likeness (QED) is 0.870. The number of carbonyl (C=O) groups excluding carboxylic acids is 2. The van der Waals surface area contributed by atoms with Crippen LogP contribution in [0.1, 0.15) is 5.56 Å². The Labute approximate surface area is 112 Å². The Morgan fingerprint density at radius 2 is 2.00 bits per heavy atom. The minimum atomic E-state index is -0.613. The first-order valence-corrected chi connectivity index (χ1v) is 6.34. The molecule has 1 N–H and O–H groups in total. The van der Waals surface area contributed by atoms with E-state index < -0.39 is 6.04 Å². The summed E-state index contributed by atoms with van der Waals surface area (Å²) < 4.78 is 5.18. The highest BCUT2D eigenvalue weighted by molar-refractivity contribution is 5.78. The van der Waals surface area contributed by atoms with Crippen molar-refractivity contribution < 1.29 is 14.3 Å². The van der Waals surface area contributed by atoms with Crippen LogP contribution in [0.5, 0.6) is 0 Å². The topological polar surface area (TPSA) is 58.6 Å². The molecule has 101 valence electrons. The van der Waals surface area contributed by atoms with Gasteiger partial charge in [-0.15, -0.1) is 0 Å². The number of urea groups is 1. The number of nitrogens with one attached hydrogen (secondary N) is 1. The van der Waals surface area contributed by atoms with E-state index in [0.29, 0.717) is 32.7 Å². The highest BCUT2D eigenvalue weighted by Gasteiger charge is 2.20. The molecule has 1 fully saturated rings. The Kier molecular flexibility index (Phi) is 4.92. The minimum absolute atomic E-state index is 0.229. The molecule has 5 nitrogen and oxygen atoms in total. The predicted molar refractivity (Wildman–Crippen MR) is 70.6 cm³/mol. The highest BCUT2D eigenvalue weighted by Crippen LogP contribution is 2.03. The van der Waals surface area contributed by atoms with Gasteiger partial charge in [0.05, 0.1) is 13.2 Å². The lowest BCUT2D eigenvalue weighted by molar-refractivity contribution is 0.0529. The molecule has 2 amide bonds. The van der Waals surface area contributed by atoms with E-state index in [2.05, 4.69) is 5.32 Å². The summed E-state index contributed by atoms with van der Waals surface area (Å²) in [5, 5.41) is 2.69. The van der Waals surface area contributed by atoms with Crippen LogP contribution in [0.25, 0.3) is 0 Å². The molecule has 5 heteroatoms. The Balaban J connectivity index is 1.88. The first kappa shape index (κ1) is 13.5. The molecule has 1 aromatic rings. The number of rotatable bonds is 4. The van der Waals surface area contributed by atoms with Crippen LogP contribution in [0.3, 0.4) is 0 Å². The van der Waals surface area contributed by atoms with E-state index in [1.54, 1.807) is 4.90 Å². The van der Waals surface area contributed by atoms with Crippen LogP contribution in [0, 0.1) is 0 Å². The van der Waals surface area contributed by atoms with E-state index in [1.165, 1.54) is 0 Å². The summed E-state index contributed by atoms with van der Waals surface area (Å²) >= 11 is 0. The third-order valence-corrected chi connectivity index (χ3v) is 3.02. The zero-order valence-electron chi connectivity index (χ0n) is 10.7. The third-order valence-electron chi connectivity index (χ3n) is 3.02. The molecule has 0 spiro atoms. The molecule has 0 bridgehead atoms. The molecule has 19 heavy (non-hydrogen) atoms. The van der Waals surface area contributed by atoms with Crippen molar-refractivity contribution in [1.82, 2.24) is 10.2 Å². The molecule has 2 rings (SSSR count). The maximum absolute atomic E-state index is 11.9. The van der Waals surface area contributed by atoms with Gasteiger partial charge in [0, 0.05) is 19.5 Å². The second-order valence-electron chi connectivity index (χ2n) is 4.41. The molecule has 1 radical (unpaired) electrons. The van der Waals surface area contributed by atoms with Crippen molar-refractivity contribution in [2.45, 2.75) is 12.5 Å². The van der Waals surface area contributed by atoms with Crippen LogP contribution in [-0.4, -0.2) is 49.6 Å². The molecular weight excluding hydrogens is 244 g/mol. The van der Waals surface area contributed by atoms with Gasteiger partial charge in [0.25, 0.3) is 0 Å². The van der Waals surface area contributed by atoms with Crippen LogP contribution < -0.4 is 5.32 Å². The second-order valence-corrected chi connectivity index (χ2v) is 4.41. The fraction of sp³-hybridized carbons (Fsp3) is 0.429. The van der Waals surface area contributed by atoms with Crippen molar-refractivity contribution in [3.8, 4) is 0 Å². The molecule has 0 aromatic heterocycles. The van der Waals surface area contributed by atoms with Crippen LogP contribution in [0.4, 0.5) is 4.79 Å². The third kappa shape index (κ3) is 4.06. The molecule has 1 aromatic carbocycles. The van der Waals surface area contributed by atoms with E-state index in [0.717, 1.165) is 5.56 Å². The van der Waals surface area contributed by atoms with Gasteiger partial charge in [-0.05, 0) is 5.56 Å². The lowest BCUT2D eigenvalue weighted by Gasteiger charge is -2.28. The predicted octanol–water partition coefficient (Wildman–Crippen LogP) is 0.749. The molecule has 0 aliphatic carbocycles. The Hall–Kier alpha value is -1.88. The summed E-state index contributed by atoms with van der Waals surface area (Å²) in [6, 6.07) is 8.72. The van der Waals surface area contributed by atoms with E-state index >= 15 is 0 Å². The summed E-state index contributed by atoms with van der Waals surface area (Å²) in [7, 11) is 0. The van der Waals surface area contributed by atoms with E-state index in [1.807, 2.05) is 36.6 Å². The van der Waals surface area contributed by atoms with Crippen LogP contribution in [0.2, 0.25) is 0 Å². The molecular formula is C14H17N2O3. The highest BCUT2D eigenvalue weighted by atomic mass is 16.5. The molecule has 1 saturated heterocycles. The van der Waals surface area contributed by atoms with Crippen molar-refractivity contribution in [3.63, 3.8) is 0 Å². The molecule has 0 saturated carbocycles. The van der Waals surface area contributed by atoms with Gasteiger partial charge in [0.1, 0.15) is 6.04 Å². The molecule has 1 atom stereocenters. The fourth-order valence-electron chi connectivity index (χ4n) is 1.98. The number of carbonyl (C=O) groups is 1. The van der Waals surface area contributed by atoms with Crippen molar-refractivity contribution in [3.05, 3.63) is 35.9 Å². The lowest BCUT2D eigenvalue weighted by atomic mass is 10.1. The van der Waals surface area contributed by atoms with Crippen molar-refractivity contribution in [1.29, 1.82) is 0 Å². The maximum Gasteiger partial charge on any atom is 0.318 e. The van der Waals surface area contributed by atoms with Gasteiger partial charge in [-0.25, -0.2) is 4.79 Å². The average Bonchev–Trinajstić information content (AvgIpc) is 2.48. The summed E-state index contributed by atoms with van der Waals surface area (Å²) in [6.07, 6.45) is 2.34. The van der Waals surface area contributed by atoms with Crippen molar-refractivity contribution >= 4 is 12.3 Å². The number of hydrogen-bond acceptors (Lipinski definition) is 3. The molecule has 1 aliphatic heterocycles. The Morgan fingerprint density at radius 1 is 1.32 bits per heavy atom. The zero-order chi connectivity index (χ0) is 13.5. The van der Waals surface area contributed by atoms with E-state index in [9.17, 15) is 9.59 Å². The van der Waals surface area contributed by atoms with Gasteiger partial charge in [-0.1, -0.05) is 30.3 Å². The molecule has 1 aliphatic rings. The van der Waals surface area contributed by atoms with Gasteiger partial charge >= 0.3 is 6.03 Å². The smallest absolute Gasteiger partial charge is 0.318 e. The Bertz CT molecular complexity index is 416. The zero-order valence-corrected chi connectivity index (χ0v) is 10.7. The number of morpholine rings is 1. The van der Waals surface area contributed by atoms with Gasteiger partial charge in [0.2, 0.25) is 6.29 Å². The number of nitrogens with zero attached hydrogens (tertiary/aromatic N) is 1. The van der Waals surface area contributed by atoms with Gasteiger partial charge < -0.3 is 15.0 Å². The molecule has 1 heterocycles. The Morgan fingerprint density at radius 3 is 2.63 bits per heavy atom. The molecule has 1 unspecified atom stereocenters. The number of amides is 2. The SMILES string of the molecule is O=[C]C(Cc1ccccc1)NC(=O)N1CCOCC1. The monoisotopic (exact) mass is 261 g/mol. The summed E-state index contributed by atoms with van der Waals surface area (Å²) in [6.45, 7) is 2.20. The fourth-order valence-corrected chi connectivity index (χ4v) is 1.98.